The van der Waals surface area contributed by atoms with Gasteiger partial charge in [-0.3, -0.25) is 0 Å². The molecule has 1 aromatic rings. The van der Waals surface area contributed by atoms with Gasteiger partial charge < -0.3 is 14.7 Å². The summed E-state index contributed by atoms with van der Waals surface area (Å²) in [5.74, 6) is 0.688. The van der Waals surface area contributed by atoms with Gasteiger partial charge >= 0.3 is 6.03 Å². The topological polar surface area (TPSA) is 105 Å². The van der Waals surface area contributed by atoms with Gasteiger partial charge in [0, 0.05) is 31.2 Å². The van der Waals surface area contributed by atoms with E-state index in [1.54, 1.807) is 11.8 Å². The summed E-state index contributed by atoms with van der Waals surface area (Å²) in [5, 5.41) is 6.67. The molecule has 22 heavy (non-hydrogen) atoms. The lowest BCUT2D eigenvalue weighted by Crippen LogP contribution is -2.51. The molecule has 1 aliphatic heterocycles. The Morgan fingerprint density at radius 1 is 1.45 bits per heavy atom. The second-order valence-electron chi connectivity index (χ2n) is 5.64. The maximum absolute atomic E-state index is 12.2. The summed E-state index contributed by atoms with van der Waals surface area (Å²) in [7, 11) is -3.26. The first-order valence-electron chi connectivity index (χ1n) is 7.18. The highest BCUT2D eigenvalue weighted by atomic mass is 32.2. The highest BCUT2D eigenvalue weighted by molar-refractivity contribution is 7.88. The zero-order valence-corrected chi connectivity index (χ0v) is 13.9. The first-order chi connectivity index (χ1) is 10.3. The number of carbonyl (C=O) groups is 1. The van der Waals surface area contributed by atoms with Crippen LogP contribution >= 0.6 is 0 Å². The average molecular weight is 330 g/mol. The maximum Gasteiger partial charge on any atom is 0.317 e. The Hall–Kier alpha value is -1.61. The van der Waals surface area contributed by atoms with Crippen molar-refractivity contribution >= 4 is 16.1 Å². The Kier molecular flexibility index (Phi) is 5.07. The fourth-order valence-corrected chi connectivity index (χ4v) is 3.39. The standard InChI is InChI=1S/C13H22N4O4S/c1-9-12(10(2)21-15-9)7-14-13(18)17-6-4-5-11(8-17)16-22(3,19)20/h11,16H,4-8H2,1-3H3,(H,14,18)/t11-/m0/s1. The minimum atomic E-state index is -3.26. The number of urea groups is 1. The van der Waals surface area contributed by atoms with Crippen molar-refractivity contribution in [2.75, 3.05) is 19.3 Å². The third-order valence-electron chi connectivity index (χ3n) is 3.69. The van der Waals surface area contributed by atoms with Gasteiger partial charge in [-0.25, -0.2) is 17.9 Å². The van der Waals surface area contributed by atoms with Crippen molar-refractivity contribution in [1.82, 2.24) is 20.1 Å². The number of sulfonamides is 1. The van der Waals surface area contributed by atoms with E-state index in [2.05, 4.69) is 15.2 Å². The van der Waals surface area contributed by atoms with Crippen LogP contribution in [0.3, 0.4) is 0 Å². The van der Waals surface area contributed by atoms with Crippen LogP contribution in [-0.4, -0.2) is 49.9 Å². The Morgan fingerprint density at radius 3 is 2.77 bits per heavy atom. The minimum Gasteiger partial charge on any atom is -0.361 e. The van der Waals surface area contributed by atoms with E-state index in [-0.39, 0.29) is 12.1 Å². The maximum atomic E-state index is 12.2. The number of piperidine rings is 1. The molecule has 1 fully saturated rings. The molecule has 0 spiro atoms. The molecule has 2 rings (SSSR count). The number of likely N-dealkylation sites (tertiary alicyclic amines) is 1. The number of amides is 2. The SMILES string of the molecule is Cc1noc(C)c1CNC(=O)N1CCC[C@H](NS(C)(=O)=O)C1. The molecule has 1 aromatic heterocycles. The first-order valence-corrected chi connectivity index (χ1v) is 9.07. The molecule has 1 aliphatic rings. The zero-order valence-electron chi connectivity index (χ0n) is 13.0. The van der Waals surface area contributed by atoms with Crippen molar-refractivity contribution in [3.05, 3.63) is 17.0 Å². The van der Waals surface area contributed by atoms with E-state index in [1.807, 2.05) is 6.92 Å². The fraction of sp³-hybridized carbons (Fsp3) is 0.692. The lowest BCUT2D eigenvalue weighted by Gasteiger charge is -2.32. The molecule has 0 aromatic carbocycles. The van der Waals surface area contributed by atoms with Crippen molar-refractivity contribution in [3.8, 4) is 0 Å². The van der Waals surface area contributed by atoms with Crippen LogP contribution < -0.4 is 10.0 Å². The molecule has 2 amide bonds. The summed E-state index contributed by atoms with van der Waals surface area (Å²) in [5.41, 5.74) is 1.63. The molecule has 0 aliphatic carbocycles. The Labute approximate surface area is 130 Å². The van der Waals surface area contributed by atoms with E-state index in [9.17, 15) is 13.2 Å². The number of nitrogens with zero attached hydrogens (tertiary/aromatic N) is 2. The summed E-state index contributed by atoms with van der Waals surface area (Å²) >= 11 is 0. The number of hydrogen-bond donors (Lipinski definition) is 2. The molecule has 2 heterocycles. The molecule has 8 nitrogen and oxygen atoms in total. The van der Waals surface area contributed by atoms with Gasteiger partial charge in [0.15, 0.2) is 0 Å². The van der Waals surface area contributed by atoms with Crippen LogP contribution in [-0.2, 0) is 16.6 Å². The lowest BCUT2D eigenvalue weighted by molar-refractivity contribution is 0.177. The van der Waals surface area contributed by atoms with Crippen LogP contribution in [0.1, 0.15) is 29.9 Å². The van der Waals surface area contributed by atoms with Gasteiger partial charge in [-0.05, 0) is 26.7 Å². The van der Waals surface area contributed by atoms with Gasteiger partial charge in [0.05, 0.1) is 11.9 Å². The van der Waals surface area contributed by atoms with Crippen LogP contribution in [0.5, 0.6) is 0 Å². The fourth-order valence-electron chi connectivity index (χ4n) is 2.59. The van der Waals surface area contributed by atoms with Gasteiger partial charge in [0.2, 0.25) is 10.0 Å². The van der Waals surface area contributed by atoms with Crippen LogP contribution in [0.4, 0.5) is 4.79 Å². The highest BCUT2D eigenvalue weighted by Gasteiger charge is 2.25. The third-order valence-corrected chi connectivity index (χ3v) is 4.45. The summed E-state index contributed by atoms with van der Waals surface area (Å²) in [4.78, 5) is 13.8. The third kappa shape index (κ3) is 4.44. The largest absolute Gasteiger partial charge is 0.361 e. The van der Waals surface area contributed by atoms with Crippen molar-refractivity contribution in [3.63, 3.8) is 0 Å². The van der Waals surface area contributed by atoms with Crippen molar-refractivity contribution < 1.29 is 17.7 Å². The Bertz CT molecular complexity index is 621. The highest BCUT2D eigenvalue weighted by Crippen LogP contribution is 2.13. The molecule has 9 heteroatoms. The summed E-state index contributed by atoms with van der Waals surface area (Å²) in [6, 6.07) is -0.437. The molecule has 0 radical (unpaired) electrons. The van der Waals surface area contributed by atoms with Crippen molar-refractivity contribution in [2.24, 2.45) is 0 Å². The molecule has 0 saturated carbocycles. The molecule has 2 N–H and O–H groups in total. The number of hydrogen-bond acceptors (Lipinski definition) is 5. The second-order valence-corrected chi connectivity index (χ2v) is 7.42. The molecule has 1 saturated heterocycles. The van der Waals surface area contributed by atoms with E-state index >= 15 is 0 Å². The minimum absolute atomic E-state index is 0.208. The Balaban J connectivity index is 1.89. The van der Waals surface area contributed by atoms with Gasteiger partial charge in [0.1, 0.15) is 5.76 Å². The Morgan fingerprint density at radius 2 is 2.18 bits per heavy atom. The number of aryl methyl sites for hydroxylation is 2. The van der Waals surface area contributed by atoms with Crippen molar-refractivity contribution in [2.45, 2.75) is 39.3 Å². The van der Waals surface area contributed by atoms with E-state index < -0.39 is 10.0 Å². The molecular formula is C13H22N4O4S. The number of rotatable bonds is 4. The monoisotopic (exact) mass is 330 g/mol. The average Bonchev–Trinajstić information content (AvgIpc) is 2.74. The molecule has 0 bridgehead atoms. The summed E-state index contributed by atoms with van der Waals surface area (Å²) < 4.78 is 30.2. The van der Waals surface area contributed by atoms with Crippen LogP contribution in [0.2, 0.25) is 0 Å². The molecule has 124 valence electrons. The van der Waals surface area contributed by atoms with Crippen molar-refractivity contribution in [1.29, 1.82) is 0 Å². The van der Waals surface area contributed by atoms with Gasteiger partial charge in [-0.15, -0.1) is 0 Å². The first kappa shape index (κ1) is 16.8. The van der Waals surface area contributed by atoms with Crippen LogP contribution in [0, 0.1) is 13.8 Å². The molecule has 0 unspecified atom stereocenters. The lowest BCUT2D eigenvalue weighted by atomic mass is 10.1. The predicted molar refractivity (Wildman–Crippen MR) is 80.8 cm³/mol. The van der Waals surface area contributed by atoms with E-state index in [4.69, 9.17) is 4.52 Å². The van der Waals surface area contributed by atoms with Gasteiger partial charge in [-0.1, -0.05) is 5.16 Å². The van der Waals surface area contributed by atoms with Gasteiger partial charge in [-0.2, -0.15) is 0 Å². The molecular weight excluding hydrogens is 308 g/mol. The second kappa shape index (κ2) is 6.66. The van der Waals surface area contributed by atoms with E-state index in [0.29, 0.717) is 25.4 Å². The summed E-state index contributed by atoms with van der Waals surface area (Å²) in [6.45, 7) is 4.97. The van der Waals surface area contributed by atoms with E-state index in [0.717, 1.165) is 30.4 Å². The normalized spacial score (nSPS) is 19.2. The van der Waals surface area contributed by atoms with Crippen LogP contribution in [0.15, 0.2) is 4.52 Å². The molecule has 1 atom stereocenters. The number of aromatic nitrogens is 1. The summed E-state index contributed by atoms with van der Waals surface area (Å²) in [6.07, 6.45) is 2.64. The van der Waals surface area contributed by atoms with E-state index in [1.165, 1.54) is 0 Å². The smallest absolute Gasteiger partial charge is 0.317 e. The zero-order chi connectivity index (χ0) is 16.3. The van der Waals surface area contributed by atoms with Gasteiger partial charge in [0.25, 0.3) is 0 Å². The van der Waals surface area contributed by atoms with Crippen LogP contribution in [0.25, 0.3) is 0 Å². The predicted octanol–water partition coefficient (Wildman–Crippen LogP) is 0.515. The number of nitrogens with one attached hydrogen (secondary N) is 2. The quantitative estimate of drug-likeness (QED) is 0.837. The number of carbonyl (C=O) groups excluding carboxylic acids is 1.